The molecule has 1 unspecified atom stereocenters. The summed E-state index contributed by atoms with van der Waals surface area (Å²) in [5, 5.41) is 14.5. The van der Waals surface area contributed by atoms with Crippen LogP contribution in [0.3, 0.4) is 0 Å². The molecule has 1 aromatic carbocycles. The molecule has 0 aliphatic heterocycles. The fraction of sp³-hybridized carbons (Fsp3) is 0.400. The normalized spacial score (nSPS) is 12.2. The van der Waals surface area contributed by atoms with Crippen LogP contribution in [0.15, 0.2) is 28.8 Å². The second kappa shape index (κ2) is 7.38. The second-order valence-electron chi connectivity index (χ2n) is 4.98. The third kappa shape index (κ3) is 4.29. The lowest BCUT2D eigenvalue weighted by molar-refractivity contribution is -0.132. The third-order valence-corrected chi connectivity index (χ3v) is 3.50. The van der Waals surface area contributed by atoms with Gasteiger partial charge in [0.1, 0.15) is 0 Å². The molecule has 0 saturated heterocycles. The molecule has 118 valence electrons. The number of halogens is 1. The summed E-state index contributed by atoms with van der Waals surface area (Å²) in [5.41, 5.74) is 0.650. The molecule has 1 N–H and O–H groups in total. The van der Waals surface area contributed by atoms with Crippen LogP contribution in [0.5, 0.6) is 0 Å². The maximum atomic E-state index is 12.1. The number of aromatic nitrogens is 2. The highest BCUT2D eigenvalue weighted by Crippen LogP contribution is 2.20. The van der Waals surface area contributed by atoms with Crippen LogP contribution in [0, 0.1) is 0 Å². The minimum atomic E-state index is -0.874. The highest BCUT2D eigenvalue weighted by atomic mass is 35.5. The van der Waals surface area contributed by atoms with Crippen molar-refractivity contribution in [3.8, 4) is 0 Å². The molecule has 0 radical (unpaired) electrons. The predicted octanol–water partition coefficient (Wildman–Crippen LogP) is 2.37. The molecular formula is C15H18ClN3O3. The molecule has 0 aliphatic carbocycles. The van der Waals surface area contributed by atoms with Gasteiger partial charge < -0.3 is 14.5 Å². The van der Waals surface area contributed by atoms with Gasteiger partial charge in [-0.05, 0) is 17.7 Å². The molecule has 22 heavy (non-hydrogen) atoms. The van der Waals surface area contributed by atoms with E-state index in [1.807, 2.05) is 6.92 Å². The molecule has 1 atom stereocenters. The molecule has 0 aliphatic rings. The molecule has 2 aromatic rings. The number of hydrogen-bond acceptors (Lipinski definition) is 5. The number of aliphatic hydroxyl groups excluding tert-OH is 1. The van der Waals surface area contributed by atoms with Crippen molar-refractivity contribution in [3.63, 3.8) is 0 Å². The van der Waals surface area contributed by atoms with Crippen LogP contribution in [0.4, 0.5) is 0 Å². The lowest BCUT2D eigenvalue weighted by Crippen LogP contribution is -2.27. The Morgan fingerprint density at radius 1 is 1.41 bits per heavy atom. The maximum Gasteiger partial charge on any atom is 0.246 e. The summed E-state index contributed by atoms with van der Waals surface area (Å²) in [6.07, 6.45) is -0.218. The van der Waals surface area contributed by atoms with Crippen LogP contribution < -0.4 is 0 Å². The summed E-state index contributed by atoms with van der Waals surface area (Å²) in [6.45, 7) is 2.14. The fourth-order valence-electron chi connectivity index (χ4n) is 1.91. The number of carbonyl (C=O) groups excluding carboxylic acids is 1. The lowest BCUT2D eigenvalue weighted by atomic mass is 10.1. The molecule has 1 amide bonds. The molecule has 2 rings (SSSR count). The average Bonchev–Trinajstić information content (AvgIpc) is 2.95. The van der Waals surface area contributed by atoms with E-state index in [-0.39, 0.29) is 18.9 Å². The zero-order valence-electron chi connectivity index (χ0n) is 12.5. The van der Waals surface area contributed by atoms with E-state index in [0.717, 1.165) is 0 Å². The Morgan fingerprint density at radius 3 is 2.68 bits per heavy atom. The van der Waals surface area contributed by atoms with Crippen molar-refractivity contribution in [2.24, 2.45) is 0 Å². The first-order valence-electron chi connectivity index (χ1n) is 6.98. The molecule has 0 spiro atoms. The van der Waals surface area contributed by atoms with Crippen LogP contribution in [0.2, 0.25) is 5.02 Å². The summed E-state index contributed by atoms with van der Waals surface area (Å²) < 4.78 is 5.05. The van der Waals surface area contributed by atoms with Crippen LogP contribution >= 0.6 is 11.6 Å². The van der Waals surface area contributed by atoms with E-state index in [4.69, 9.17) is 16.1 Å². The average molecular weight is 324 g/mol. The van der Waals surface area contributed by atoms with Gasteiger partial charge >= 0.3 is 0 Å². The zero-order chi connectivity index (χ0) is 16.1. The Hall–Kier alpha value is -1.92. The van der Waals surface area contributed by atoms with Crippen molar-refractivity contribution in [3.05, 3.63) is 46.6 Å². The van der Waals surface area contributed by atoms with Gasteiger partial charge in [0.2, 0.25) is 11.8 Å². The number of amides is 1. The Morgan fingerprint density at radius 2 is 2.09 bits per heavy atom. The smallest absolute Gasteiger partial charge is 0.246 e. The van der Waals surface area contributed by atoms with Gasteiger partial charge in [0.05, 0.1) is 19.1 Å². The van der Waals surface area contributed by atoms with E-state index in [9.17, 15) is 9.90 Å². The zero-order valence-corrected chi connectivity index (χ0v) is 13.2. The summed E-state index contributed by atoms with van der Waals surface area (Å²) in [5.74, 6) is 0.782. The van der Waals surface area contributed by atoms with Gasteiger partial charge in [-0.15, -0.1) is 0 Å². The Labute approximate surface area is 133 Å². The molecule has 0 fully saturated rings. The molecular weight excluding hydrogens is 306 g/mol. The first-order valence-corrected chi connectivity index (χ1v) is 7.36. The Balaban J connectivity index is 1.91. The number of carbonyl (C=O) groups is 1. The fourth-order valence-corrected chi connectivity index (χ4v) is 2.04. The van der Waals surface area contributed by atoms with Crippen molar-refractivity contribution >= 4 is 17.5 Å². The minimum Gasteiger partial charge on any atom is -0.388 e. The molecule has 1 aromatic heterocycles. The van der Waals surface area contributed by atoms with Crippen LogP contribution in [0.1, 0.15) is 36.7 Å². The van der Waals surface area contributed by atoms with Gasteiger partial charge in [-0.25, -0.2) is 0 Å². The molecule has 6 nitrogen and oxygen atoms in total. The molecule has 1 heterocycles. The highest BCUT2D eigenvalue weighted by Gasteiger charge is 2.18. The summed E-state index contributed by atoms with van der Waals surface area (Å²) >= 11 is 5.80. The first-order chi connectivity index (χ1) is 10.5. The van der Waals surface area contributed by atoms with Crippen molar-refractivity contribution in [2.75, 3.05) is 7.05 Å². The highest BCUT2D eigenvalue weighted by molar-refractivity contribution is 6.30. The van der Waals surface area contributed by atoms with Gasteiger partial charge in [-0.2, -0.15) is 4.98 Å². The van der Waals surface area contributed by atoms with Gasteiger partial charge in [-0.1, -0.05) is 35.8 Å². The number of benzene rings is 1. The number of nitrogens with zero attached hydrogens (tertiary/aromatic N) is 3. The molecule has 7 heteroatoms. The maximum absolute atomic E-state index is 12.1. The van der Waals surface area contributed by atoms with E-state index >= 15 is 0 Å². The second-order valence-corrected chi connectivity index (χ2v) is 5.42. The molecule has 0 bridgehead atoms. The number of rotatable bonds is 6. The quantitative estimate of drug-likeness (QED) is 0.882. The molecule has 0 saturated carbocycles. The lowest BCUT2D eigenvalue weighted by Gasteiger charge is -2.17. The monoisotopic (exact) mass is 323 g/mol. The predicted molar refractivity (Wildman–Crippen MR) is 81.2 cm³/mol. The van der Waals surface area contributed by atoms with Gasteiger partial charge in [0.15, 0.2) is 5.82 Å². The van der Waals surface area contributed by atoms with Crippen LogP contribution in [0.25, 0.3) is 0 Å². The van der Waals surface area contributed by atoms with E-state index < -0.39 is 6.10 Å². The van der Waals surface area contributed by atoms with Crippen molar-refractivity contribution in [1.29, 1.82) is 0 Å². The van der Waals surface area contributed by atoms with Crippen molar-refractivity contribution in [1.82, 2.24) is 15.0 Å². The van der Waals surface area contributed by atoms with Crippen molar-refractivity contribution in [2.45, 2.75) is 32.4 Å². The first kappa shape index (κ1) is 16.5. The van der Waals surface area contributed by atoms with Crippen LogP contribution in [-0.4, -0.2) is 33.1 Å². The Bertz CT molecular complexity index is 627. The van der Waals surface area contributed by atoms with Gasteiger partial charge in [0, 0.05) is 18.5 Å². The number of hydrogen-bond donors (Lipinski definition) is 1. The van der Waals surface area contributed by atoms with Gasteiger partial charge in [-0.3, -0.25) is 4.79 Å². The standard InChI is InChI=1S/C15H18ClN3O3/c1-3-13-17-14(22-18-13)9-19(2)15(21)8-12(20)10-4-6-11(16)7-5-10/h4-7,12,20H,3,8-9H2,1-2H3. The van der Waals surface area contributed by atoms with Crippen LogP contribution in [-0.2, 0) is 17.8 Å². The Kier molecular flexibility index (Phi) is 5.51. The van der Waals surface area contributed by atoms with E-state index in [2.05, 4.69) is 10.1 Å². The third-order valence-electron chi connectivity index (χ3n) is 3.25. The number of aryl methyl sites for hydroxylation is 1. The summed E-state index contributed by atoms with van der Waals surface area (Å²) in [6, 6.07) is 6.76. The van der Waals surface area contributed by atoms with E-state index in [1.54, 1.807) is 31.3 Å². The van der Waals surface area contributed by atoms with Gasteiger partial charge in [0.25, 0.3) is 0 Å². The minimum absolute atomic E-state index is 0.0209. The largest absolute Gasteiger partial charge is 0.388 e. The van der Waals surface area contributed by atoms with E-state index in [0.29, 0.717) is 28.7 Å². The number of aliphatic hydroxyl groups is 1. The van der Waals surface area contributed by atoms with Crippen molar-refractivity contribution < 1.29 is 14.4 Å². The SMILES string of the molecule is CCc1noc(CN(C)C(=O)CC(O)c2ccc(Cl)cc2)n1. The summed E-state index contributed by atoms with van der Waals surface area (Å²) in [4.78, 5) is 17.7. The van der Waals surface area contributed by atoms with E-state index in [1.165, 1.54) is 4.90 Å². The summed E-state index contributed by atoms with van der Waals surface area (Å²) in [7, 11) is 1.63. The topological polar surface area (TPSA) is 79.5 Å².